The predicted molar refractivity (Wildman–Crippen MR) is 59.6 cm³/mol. The Hall–Kier alpha value is -1.12. The topological polar surface area (TPSA) is 66.4 Å². The van der Waals surface area contributed by atoms with Gasteiger partial charge in [0.15, 0.2) is 0 Å². The Morgan fingerprint density at radius 2 is 1.83 bits per heavy atom. The maximum absolute atomic E-state index is 12.6. The molecule has 0 unspecified atom stereocenters. The summed E-state index contributed by atoms with van der Waals surface area (Å²) in [5.74, 6) is -0.540. The highest BCUT2D eigenvalue weighted by atomic mass is 32.2. The number of rotatable bonds is 5. The summed E-state index contributed by atoms with van der Waals surface area (Å²) < 4.78 is 67.0. The quantitative estimate of drug-likeness (QED) is 0.637. The monoisotopic (exact) mass is 283 g/mol. The van der Waals surface area contributed by atoms with E-state index in [-0.39, 0.29) is 18.7 Å². The first-order valence-corrected chi connectivity index (χ1v) is 6.62. The van der Waals surface area contributed by atoms with E-state index in [0.717, 1.165) is 6.07 Å². The Bertz CT molecular complexity index is 499. The molecule has 0 spiro atoms. The Balaban J connectivity index is 2.63. The number of nitrogens with one attached hydrogen (secondary N) is 1. The molecule has 0 heterocycles. The van der Waals surface area contributed by atoms with E-state index in [1.165, 1.54) is 18.2 Å². The van der Waals surface area contributed by atoms with Crippen LogP contribution < -0.4 is 5.32 Å². The second-order valence-corrected chi connectivity index (χ2v) is 5.19. The number of benzene rings is 1. The zero-order valence-corrected chi connectivity index (χ0v) is 10.1. The van der Waals surface area contributed by atoms with Gasteiger partial charge in [-0.05, 0) is 11.6 Å². The molecule has 18 heavy (non-hydrogen) atoms. The minimum Gasteiger partial charge on any atom is -0.312 e. The molecule has 1 aromatic carbocycles. The van der Waals surface area contributed by atoms with Crippen molar-refractivity contribution in [1.82, 2.24) is 5.32 Å². The maximum Gasteiger partial charge on any atom is 0.416 e. The number of hydrogen-bond acceptors (Lipinski definition) is 3. The molecule has 8 heteroatoms. The second kappa shape index (κ2) is 5.68. The summed E-state index contributed by atoms with van der Waals surface area (Å²) in [6.07, 6.45) is -4.44. The van der Waals surface area contributed by atoms with Crippen LogP contribution in [0.3, 0.4) is 0 Å². The van der Waals surface area contributed by atoms with Crippen molar-refractivity contribution in [2.45, 2.75) is 12.7 Å². The lowest BCUT2D eigenvalue weighted by Gasteiger charge is -2.12. The van der Waals surface area contributed by atoms with Crippen LogP contribution in [-0.4, -0.2) is 25.3 Å². The van der Waals surface area contributed by atoms with E-state index in [2.05, 4.69) is 5.32 Å². The lowest BCUT2D eigenvalue weighted by atomic mass is 10.1. The average Bonchev–Trinajstić information content (AvgIpc) is 2.22. The van der Waals surface area contributed by atoms with Crippen LogP contribution in [0.5, 0.6) is 0 Å². The molecule has 0 amide bonds. The zero-order chi connectivity index (χ0) is 13.8. The van der Waals surface area contributed by atoms with Crippen LogP contribution in [0.25, 0.3) is 0 Å². The number of halogens is 3. The average molecular weight is 283 g/mol. The van der Waals surface area contributed by atoms with Crippen molar-refractivity contribution in [3.8, 4) is 0 Å². The smallest absolute Gasteiger partial charge is 0.312 e. The van der Waals surface area contributed by atoms with E-state index in [9.17, 15) is 21.6 Å². The van der Waals surface area contributed by atoms with Gasteiger partial charge in [-0.25, -0.2) is 0 Å². The minimum atomic E-state index is -4.44. The van der Waals surface area contributed by atoms with Crippen LogP contribution in [0.15, 0.2) is 24.3 Å². The molecule has 0 radical (unpaired) electrons. The van der Waals surface area contributed by atoms with Crippen LogP contribution in [0.4, 0.5) is 13.2 Å². The molecule has 2 N–H and O–H groups in total. The first kappa shape index (κ1) is 14.9. The standard InChI is InChI=1S/C10H12F3NO3S/c11-10(12,13)9-4-2-1-3-8(9)7-14-5-6-18(15,16)17/h1-4,14H,5-7H2,(H,15,16,17). The lowest BCUT2D eigenvalue weighted by Crippen LogP contribution is -2.23. The number of hydrogen-bond donors (Lipinski definition) is 2. The van der Waals surface area contributed by atoms with Crippen LogP contribution in [0.2, 0.25) is 0 Å². The van der Waals surface area contributed by atoms with Gasteiger partial charge < -0.3 is 5.32 Å². The van der Waals surface area contributed by atoms with Gasteiger partial charge >= 0.3 is 6.18 Å². The molecule has 1 rings (SSSR count). The van der Waals surface area contributed by atoms with Crippen LogP contribution in [-0.2, 0) is 22.8 Å². The molecule has 0 atom stereocenters. The second-order valence-electron chi connectivity index (χ2n) is 3.62. The van der Waals surface area contributed by atoms with Crippen molar-refractivity contribution in [3.63, 3.8) is 0 Å². The van der Waals surface area contributed by atoms with E-state index in [1.54, 1.807) is 0 Å². The molecule has 0 saturated heterocycles. The van der Waals surface area contributed by atoms with Crippen molar-refractivity contribution < 1.29 is 26.1 Å². The summed E-state index contributed by atoms with van der Waals surface area (Å²) in [6, 6.07) is 5.02. The zero-order valence-electron chi connectivity index (χ0n) is 9.24. The van der Waals surface area contributed by atoms with Gasteiger partial charge in [0, 0.05) is 13.1 Å². The summed E-state index contributed by atoms with van der Waals surface area (Å²) in [4.78, 5) is 0. The molecule has 0 bridgehead atoms. The first-order valence-electron chi connectivity index (χ1n) is 5.01. The molecule has 0 saturated carbocycles. The molecule has 1 aromatic rings. The van der Waals surface area contributed by atoms with Gasteiger partial charge in [0.2, 0.25) is 0 Å². The molecule has 0 fully saturated rings. The van der Waals surface area contributed by atoms with Crippen molar-refractivity contribution in [2.24, 2.45) is 0 Å². The van der Waals surface area contributed by atoms with Gasteiger partial charge in [0.05, 0.1) is 11.3 Å². The first-order chi connectivity index (χ1) is 8.20. The van der Waals surface area contributed by atoms with Crippen LogP contribution in [0, 0.1) is 0 Å². The minimum absolute atomic E-state index is 0.0281. The highest BCUT2D eigenvalue weighted by Crippen LogP contribution is 2.31. The third-order valence-corrected chi connectivity index (χ3v) is 2.90. The van der Waals surface area contributed by atoms with E-state index in [4.69, 9.17) is 4.55 Å². The fraction of sp³-hybridized carbons (Fsp3) is 0.400. The largest absolute Gasteiger partial charge is 0.416 e. The molecular formula is C10H12F3NO3S. The van der Waals surface area contributed by atoms with Gasteiger partial charge in [-0.1, -0.05) is 18.2 Å². The molecule has 0 aliphatic carbocycles. The van der Waals surface area contributed by atoms with Gasteiger partial charge in [-0.15, -0.1) is 0 Å². The Kier molecular flexibility index (Phi) is 4.71. The van der Waals surface area contributed by atoms with Gasteiger partial charge in [-0.2, -0.15) is 21.6 Å². The van der Waals surface area contributed by atoms with E-state index in [0.29, 0.717) is 0 Å². The van der Waals surface area contributed by atoms with Crippen LogP contribution >= 0.6 is 0 Å². The summed E-state index contributed by atoms with van der Waals surface area (Å²) in [5, 5.41) is 2.53. The molecule has 4 nitrogen and oxygen atoms in total. The lowest BCUT2D eigenvalue weighted by molar-refractivity contribution is -0.138. The van der Waals surface area contributed by atoms with Gasteiger partial charge in [-0.3, -0.25) is 4.55 Å². The van der Waals surface area contributed by atoms with Crippen molar-refractivity contribution in [1.29, 1.82) is 0 Å². The third kappa shape index (κ3) is 5.03. The normalized spacial score (nSPS) is 12.7. The Labute approximate surface area is 103 Å². The van der Waals surface area contributed by atoms with Gasteiger partial charge in [0.25, 0.3) is 10.1 Å². The summed E-state index contributed by atoms with van der Waals surface area (Å²) >= 11 is 0. The molecule has 0 aliphatic heterocycles. The summed E-state index contributed by atoms with van der Waals surface area (Å²) in [6.45, 7) is -0.240. The maximum atomic E-state index is 12.6. The Morgan fingerprint density at radius 3 is 2.39 bits per heavy atom. The fourth-order valence-electron chi connectivity index (χ4n) is 1.38. The summed E-state index contributed by atoms with van der Waals surface area (Å²) in [7, 11) is -4.10. The van der Waals surface area contributed by atoms with Crippen molar-refractivity contribution in [3.05, 3.63) is 35.4 Å². The van der Waals surface area contributed by atoms with Crippen molar-refractivity contribution in [2.75, 3.05) is 12.3 Å². The van der Waals surface area contributed by atoms with Crippen LogP contribution in [0.1, 0.15) is 11.1 Å². The van der Waals surface area contributed by atoms with Gasteiger partial charge in [0.1, 0.15) is 0 Å². The molecule has 102 valence electrons. The molecular weight excluding hydrogens is 271 g/mol. The highest BCUT2D eigenvalue weighted by molar-refractivity contribution is 7.85. The van der Waals surface area contributed by atoms with E-state index < -0.39 is 27.6 Å². The van der Waals surface area contributed by atoms with E-state index in [1.807, 2.05) is 0 Å². The third-order valence-electron chi connectivity index (χ3n) is 2.18. The number of alkyl halides is 3. The fourth-order valence-corrected chi connectivity index (χ4v) is 1.78. The SMILES string of the molecule is O=S(=O)(O)CCNCc1ccccc1C(F)(F)F. The van der Waals surface area contributed by atoms with E-state index >= 15 is 0 Å². The molecule has 0 aliphatic rings. The Morgan fingerprint density at radius 1 is 1.22 bits per heavy atom. The predicted octanol–water partition coefficient (Wildman–Crippen LogP) is 1.68. The van der Waals surface area contributed by atoms with Crippen molar-refractivity contribution >= 4 is 10.1 Å². The highest BCUT2D eigenvalue weighted by Gasteiger charge is 2.32. The molecule has 0 aromatic heterocycles. The summed E-state index contributed by atoms with van der Waals surface area (Å²) in [5.41, 5.74) is -0.732.